The average Bonchev–Trinajstić information content (AvgIpc) is 2.82. The first-order valence-corrected chi connectivity index (χ1v) is 12.1. The molecule has 7 heteroatoms. The van der Waals surface area contributed by atoms with Gasteiger partial charge in [0.25, 0.3) is 0 Å². The molecule has 0 amide bonds. The van der Waals surface area contributed by atoms with Crippen LogP contribution in [0, 0.1) is 6.92 Å². The number of aryl methyl sites for hydroxylation is 1. The van der Waals surface area contributed by atoms with Crippen molar-refractivity contribution in [3.05, 3.63) is 94.3 Å². The molecule has 1 aromatic heterocycles. The zero-order chi connectivity index (χ0) is 23.6. The molecular formula is C26H25NO5S. The van der Waals surface area contributed by atoms with E-state index in [1.807, 2.05) is 38.1 Å². The summed E-state index contributed by atoms with van der Waals surface area (Å²) in [4.78, 5) is 13.1. The van der Waals surface area contributed by atoms with Crippen molar-refractivity contribution in [2.75, 3.05) is 13.7 Å². The molecule has 33 heavy (non-hydrogen) atoms. The van der Waals surface area contributed by atoms with Crippen molar-refractivity contribution >= 4 is 20.7 Å². The van der Waals surface area contributed by atoms with E-state index in [0.717, 1.165) is 11.1 Å². The zero-order valence-corrected chi connectivity index (χ0v) is 19.6. The van der Waals surface area contributed by atoms with Gasteiger partial charge in [0.1, 0.15) is 16.4 Å². The lowest BCUT2D eigenvalue weighted by Gasteiger charge is -2.15. The summed E-state index contributed by atoms with van der Waals surface area (Å²) < 4.78 is 39.5. The van der Waals surface area contributed by atoms with Crippen LogP contribution in [0.25, 0.3) is 10.9 Å². The summed E-state index contributed by atoms with van der Waals surface area (Å²) in [6.45, 7) is 4.74. The minimum atomic E-state index is -4.06. The molecule has 4 rings (SSSR count). The molecule has 6 nitrogen and oxygen atoms in total. The van der Waals surface area contributed by atoms with E-state index < -0.39 is 15.3 Å². The quantitative estimate of drug-likeness (QED) is 0.401. The van der Waals surface area contributed by atoms with Gasteiger partial charge in [-0.1, -0.05) is 29.8 Å². The normalized spacial score (nSPS) is 11.5. The maximum atomic E-state index is 13.5. The first kappa shape index (κ1) is 22.6. The van der Waals surface area contributed by atoms with Crippen LogP contribution in [0.3, 0.4) is 0 Å². The van der Waals surface area contributed by atoms with E-state index in [9.17, 15) is 13.2 Å². The van der Waals surface area contributed by atoms with E-state index >= 15 is 0 Å². The van der Waals surface area contributed by atoms with Crippen molar-refractivity contribution in [3.63, 3.8) is 0 Å². The molecule has 0 spiro atoms. The van der Waals surface area contributed by atoms with Crippen LogP contribution in [0.1, 0.15) is 18.1 Å². The van der Waals surface area contributed by atoms with Crippen LogP contribution in [-0.2, 0) is 16.4 Å². The number of hydrogen-bond donors (Lipinski definition) is 0. The molecule has 0 saturated carbocycles. The number of sulfone groups is 1. The fourth-order valence-electron chi connectivity index (χ4n) is 3.70. The Morgan fingerprint density at radius 3 is 2.21 bits per heavy atom. The lowest BCUT2D eigenvalue weighted by atomic mass is 10.1. The Balaban J connectivity index is 1.90. The van der Waals surface area contributed by atoms with Gasteiger partial charge >= 0.3 is 0 Å². The van der Waals surface area contributed by atoms with Gasteiger partial charge in [0.15, 0.2) is 0 Å². The molecule has 0 fully saturated rings. The number of hydrogen-bond acceptors (Lipinski definition) is 5. The Bertz CT molecular complexity index is 1450. The third kappa shape index (κ3) is 4.50. The summed E-state index contributed by atoms with van der Waals surface area (Å²) in [6, 6.07) is 19.2. The minimum absolute atomic E-state index is 0.0344. The number of rotatable bonds is 7. The van der Waals surface area contributed by atoms with E-state index in [1.54, 1.807) is 34.9 Å². The molecule has 0 aliphatic heterocycles. The lowest BCUT2D eigenvalue weighted by Crippen LogP contribution is -2.19. The van der Waals surface area contributed by atoms with Crippen LogP contribution in [0.5, 0.6) is 11.5 Å². The number of benzene rings is 3. The topological polar surface area (TPSA) is 74.6 Å². The second-order valence-corrected chi connectivity index (χ2v) is 9.65. The molecule has 0 N–H and O–H groups in total. The number of fused-ring (bicyclic) bond motifs is 1. The first-order chi connectivity index (χ1) is 15.8. The van der Waals surface area contributed by atoms with Gasteiger partial charge in [-0.25, -0.2) is 8.42 Å². The first-order valence-electron chi connectivity index (χ1n) is 10.6. The van der Waals surface area contributed by atoms with Crippen LogP contribution < -0.4 is 14.9 Å². The number of nitrogens with zero attached hydrogens (tertiary/aromatic N) is 1. The van der Waals surface area contributed by atoms with Crippen LogP contribution in [0.2, 0.25) is 0 Å². The summed E-state index contributed by atoms with van der Waals surface area (Å²) in [5, 5.41) is 0.286. The van der Waals surface area contributed by atoms with Gasteiger partial charge in [0.2, 0.25) is 15.3 Å². The number of pyridine rings is 1. The molecule has 3 aromatic carbocycles. The molecule has 0 bridgehead atoms. The molecular weight excluding hydrogens is 438 g/mol. The van der Waals surface area contributed by atoms with Gasteiger partial charge in [-0.05, 0) is 61.9 Å². The smallest absolute Gasteiger partial charge is 0.211 e. The van der Waals surface area contributed by atoms with Gasteiger partial charge in [0.05, 0.1) is 29.5 Å². The van der Waals surface area contributed by atoms with Crippen molar-refractivity contribution in [3.8, 4) is 11.5 Å². The van der Waals surface area contributed by atoms with Crippen LogP contribution in [0.15, 0.2) is 87.5 Å². The number of methoxy groups -OCH3 is 1. The SMILES string of the molecule is CCOc1ccc(S(=O)(=O)c2cn(Cc3ccc(C)cc3)c3ccc(OC)cc3c2=O)cc1. The van der Waals surface area contributed by atoms with E-state index in [-0.39, 0.29) is 15.2 Å². The highest BCUT2D eigenvalue weighted by Gasteiger charge is 2.24. The van der Waals surface area contributed by atoms with Crippen molar-refractivity contribution in [1.82, 2.24) is 4.57 Å². The molecule has 0 aliphatic rings. The maximum absolute atomic E-state index is 13.5. The third-order valence-electron chi connectivity index (χ3n) is 5.46. The second kappa shape index (κ2) is 9.11. The zero-order valence-electron chi connectivity index (χ0n) is 18.7. The summed E-state index contributed by atoms with van der Waals surface area (Å²) in [5.74, 6) is 1.05. The summed E-state index contributed by atoms with van der Waals surface area (Å²) in [5.41, 5.74) is 2.20. The van der Waals surface area contributed by atoms with E-state index in [4.69, 9.17) is 9.47 Å². The Morgan fingerprint density at radius 1 is 0.909 bits per heavy atom. The molecule has 0 saturated heterocycles. The standard InChI is InChI=1S/C26H25NO5S/c1-4-32-20-9-12-22(13-10-20)33(29,30)25-17-27(16-19-7-5-18(2)6-8-19)24-14-11-21(31-3)15-23(24)26(25)28/h5-15,17H,4,16H2,1-3H3. The summed E-state index contributed by atoms with van der Waals surface area (Å²) in [6.07, 6.45) is 1.43. The third-order valence-corrected chi connectivity index (χ3v) is 7.23. The number of ether oxygens (including phenoxy) is 2. The molecule has 1 heterocycles. The fourth-order valence-corrected chi connectivity index (χ4v) is 5.07. The maximum Gasteiger partial charge on any atom is 0.211 e. The fraction of sp³-hybridized carbons (Fsp3) is 0.192. The molecule has 0 unspecified atom stereocenters. The van der Waals surface area contributed by atoms with Gasteiger partial charge in [-0.3, -0.25) is 4.79 Å². The van der Waals surface area contributed by atoms with Gasteiger partial charge < -0.3 is 14.0 Å². The highest BCUT2D eigenvalue weighted by Crippen LogP contribution is 2.26. The average molecular weight is 464 g/mol. The molecule has 0 radical (unpaired) electrons. The van der Waals surface area contributed by atoms with Gasteiger partial charge in [-0.15, -0.1) is 0 Å². The highest BCUT2D eigenvalue weighted by molar-refractivity contribution is 7.91. The largest absolute Gasteiger partial charge is 0.497 e. The number of aromatic nitrogens is 1. The van der Waals surface area contributed by atoms with Crippen LogP contribution in [-0.4, -0.2) is 26.7 Å². The Labute approximate surface area is 192 Å². The van der Waals surface area contributed by atoms with Gasteiger partial charge in [-0.2, -0.15) is 0 Å². The summed E-state index contributed by atoms with van der Waals surface area (Å²) >= 11 is 0. The van der Waals surface area contributed by atoms with E-state index in [1.165, 1.54) is 25.4 Å². The monoisotopic (exact) mass is 463 g/mol. The van der Waals surface area contributed by atoms with Crippen molar-refractivity contribution in [2.24, 2.45) is 0 Å². The molecule has 4 aromatic rings. The molecule has 170 valence electrons. The molecule has 0 atom stereocenters. The van der Waals surface area contributed by atoms with Gasteiger partial charge in [0, 0.05) is 12.7 Å². The van der Waals surface area contributed by atoms with Crippen molar-refractivity contribution in [1.29, 1.82) is 0 Å². The van der Waals surface area contributed by atoms with Crippen LogP contribution in [0.4, 0.5) is 0 Å². The molecule has 0 aliphatic carbocycles. The van der Waals surface area contributed by atoms with E-state index in [0.29, 0.717) is 30.2 Å². The minimum Gasteiger partial charge on any atom is -0.497 e. The second-order valence-electron chi connectivity index (χ2n) is 7.73. The Hall–Kier alpha value is -3.58. The summed E-state index contributed by atoms with van der Waals surface area (Å²) in [7, 11) is -2.56. The van der Waals surface area contributed by atoms with Crippen molar-refractivity contribution < 1.29 is 17.9 Å². The Kier molecular flexibility index (Phi) is 6.24. The highest BCUT2D eigenvalue weighted by atomic mass is 32.2. The predicted octanol–water partition coefficient (Wildman–Crippen LogP) is 4.60. The Morgan fingerprint density at radius 2 is 1.58 bits per heavy atom. The van der Waals surface area contributed by atoms with E-state index in [2.05, 4.69) is 0 Å². The van der Waals surface area contributed by atoms with Crippen molar-refractivity contribution in [2.45, 2.75) is 30.2 Å². The van der Waals surface area contributed by atoms with Crippen LogP contribution >= 0.6 is 0 Å². The predicted molar refractivity (Wildman–Crippen MR) is 128 cm³/mol. The lowest BCUT2D eigenvalue weighted by molar-refractivity contribution is 0.340.